The lowest BCUT2D eigenvalue weighted by Crippen LogP contribution is -2.02. The Kier molecular flexibility index (Phi) is 3.99. The van der Waals surface area contributed by atoms with E-state index in [4.69, 9.17) is 16.9 Å². The number of nitriles is 1. The van der Waals surface area contributed by atoms with Crippen LogP contribution in [-0.2, 0) is 0 Å². The van der Waals surface area contributed by atoms with Crippen LogP contribution in [0.5, 0.6) is 0 Å². The monoisotopic (exact) mass is 270 g/mol. The van der Waals surface area contributed by atoms with Crippen molar-refractivity contribution < 1.29 is 0 Å². The molecule has 0 fully saturated rings. The number of hydrogen-bond acceptors (Lipinski definition) is 2. The lowest BCUT2D eigenvalue weighted by atomic mass is 10.2. The summed E-state index contributed by atoms with van der Waals surface area (Å²) in [5, 5.41) is 12.4. The SMILES string of the molecule is C=C(Cl)CNc1cccc(Br)c1C#N. The van der Waals surface area contributed by atoms with Crippen LogP contribution in [0.4, 0.5) is 5.69 Å². The highest BCUT2D eigenvalue weighted by atomic mass is 79.9. The summed E-state index contributed by atoms with van der Waals surface area (Å²) in [4.78, 5) is 0. The molecule has 0 radical (unpaired) electrons. The maximum atomic E-state index is 8.89. The van der Waals surface area contributed by atoms with Gasteiger partial charge in [0.05, 0.1) is 17.8 Å². The molecule has 0 aliphatic carbocycles. The van der Waals surface area contributed by atoms with Crippen LogP contribution in [0.1, 0.15) is 5.56 Å². The maximum Gasteiger partial charge on any atom is 0.103 e. The molecule has 0 saturated carbocycles. The van der Waals surface area contributed by atoms with Crippen molar-refractivity contribution in [1.29, 1.82) is 5.26 Å². The Morgan fingerprint density at radius 3 is 2.93 bits per heavy atom. The van der Waals surface area contributed by atoms with Crippen molar-refractivity contribution in [3.8, 4) is 6.07 Å². The first kappa shape index (κ1) is 11.1. The highest BCUT2D eigenvalue weighted by Crippen LogP contribution is 2.23. The molecule has 0 unspecified atom stereocenters. The molecule has 0 bridgehead atoms. The fourth-order valence-corrected chi connectivity index (χ4v) is 1.50. The van der Waals surface area contributed by atoms with Gasteiger partial charge in [-0.3, -0.25) is 0 Å². The van der Waals surface area contributed by atoms with E-state index in [1.54, 1.807) is 0 Å². The van der Waals surface area contributed by atoms with Crippen LogP contribution < -0.4 is 5.32 Å². The third-order valence-electron chi connectivity index (χ3n) is 1.60. The van der Waals surface area contributed by atoms with Gasteiger partial charge in [0, 0.05) is 9.51 Å². The number of anilines is 1. The molecule has 0 aliphatic heterocycles. The number of benzene rings is 1. The fraction of sp³-hybridized carbons (Fsp3) is 0.100. The molecule has 4 heteroatoms. The molecule has 0 heterocycles. The van der Waals surface area contributed by atoms with Gasteiger partial charge >= 0.3 is 0 Å². The summed E-state index contributed by atoms with van der Waals surface area (Å²) in [5.74, 6) is 0. The van der Waals surface area contributed by atoms with Crippen molar-refractivity contribution in [2.24, 2.45) is 0 Å². The maximum absolute atomic E-state index is 8.89. The van der Waals surface area contributed by atoms with Crippen LogP contribution in [0.25, 0.3) is 0 Å². The number of hydrogen-bond donors (Lipinski definition) is 1. The molecule has 0 saturated heterocycles. The van der Waals surface area contributed by atoms with Crippen molar-refractivity contribution >= 4 is 33.2 Å². The largest absolute Gasteiger partial charge is 0.379 e. The lowest BCUT2D eigenvalue weighted by molar-refractivity contribution is 1.30. The van der Waals surface area contributed by atoms with Gasteiger partial charge in [-0.25, -0.2) is 0 Å². The van der Waals surface area contributed by atoms with E-state index < -0.39 is 0 Å². The second-order valence-corrected chi connectivity index (χ2v) is 4.03. The van der Waals surface area contributed by atoms with Gasteiger partial charge in [0.1, 0.15) is 6.07 Å². The van der Waals surface area contributed by atoms with Gasteiger partial charge in [0.2, 0.25) is 0 Å². The minimum Gasteiger partial charge on any atom is -0.379 e. The predicted octanol–water partition coefficient (Wildman–Crippen LogP) is 3.49. The third kappa shape index (κ3) is 2.76. The standard InChI is InChI=1S/C10H8BrClN2/c1-7(12)6-14-10-4-2-3-9(11)8(10)5-13/h2-4,14H,1,6H2. The molecule has 2 nitrogen and oxygen atoms in total. The van der Waals surface area contributed by atoms with Crippen LogP contribution in [0.3, 0.4) is 0 Å². The molecular formula is C10H8BrClN2. The summed E-state index contributed by atoms with van der Waals surface area (Å²) >= 11 is 8.91. The Hall–Kier alpha value is -0.980. The zero-order chi connectivity index (χ0) is 10.6. The summed E-state index contributed by atoms with van der Waals surface area (Å²) in [6.07, 6.45) is 0. The molecule has 72 valence electrons. The Bertz CT molecular complexity index is 396. The summed E-state index contributed by atoms with van der Waals surface area (Å²) in [6.45, 7) is 4.01. The van der Waals surface area contributed by atoms with Gasteiger partial charge in [-0.15, -0.1) is 0 Å². The third-order valence-corrected chi connectivity index (χ3v) is 2.39. The Labute approximate surface area is 96.3 Å². The summed E-state index contributed by atoms with van der Waals surface area (Å²) in [5.41, 5.74) is 1.33. The van der Waals surface area contributed by atoms with E-state index in [1.165, 1.54) is 0 Å². The highest BCUT2D eigenvalue weighted by Gasteiger charge is 2.04. The van der Waals surface area contributed by atoms with Crippen molar-refractivity contribution in [1.82, 2.24) is 0 Å². The zero-order valence-corrected chi connectivity index (χ0v) is 9.69. The predicted molar refractivity (Wildman–Crippen MR) is 62.3 cm³/mol. The second-order valence-electron chi connectivity index (χ2n) is 2.65. The van der Waals surface area contributed by atoms with Crippen LogP contribution in [0.15, 0.2) is 34.3 Å². The number of nitrogens with one attached hydrogen (secondary N) is 1. The average Bonchev–Trinajstić information content (AvgIpc) is 2.14. The molecular weight excluding hydrogens is 263 g/mol. The summed E-state index contributed by atoms with van der Waals surface area (Å²) in [6, 6.07) is 7.60. The Balaban J connectivity index is 2.92. The number of halogens is 2. The second kappa shape index (κ2) is 5.04. The van der Waals surface area contributed by atoms with E-state index >= 15 is 0 Å². The molecule has 1 aromatic rings. The first-order valence-corrected chi connectivity index (χ1v) is 5.08. The van der Waals surface area contributed by atoms with E-state index in [0.29, 0.717) is 17.1 Å². The van der Waals surface area contributed by atoms with Crippen molar-refractivity contribution in [2.45, 2.75) is 0 Å². The molecule has 1 rings (SSSR count). The van der Waals surface area contributed by atoms with Crippen LogP contribution in [0.2, 0.25) is 0 Å². The first-order chi connectivity index (χ1) is 6.65. The lowest BCUT2D eigenvalue weighted by Gasteiger charge is -2.07. The van der Waals surface area contributed by atoms with Crippen molar-refractivity contribution in [2.75, 3.05) is 11.9 Å². The molecule has 1 N–H and O–H groups in total. The van der Waals surface area contributed by atoms with Gasteiger partial charge < -0.3 is 5.32 Å². The van der Waals surface area contributed by atoms with E-state index in [0.717, 1.165) is 10.2 Å². The van der Waals surface area contributed by atoms with Gasteiger partial charge in [0.15, 0.2) is 0 Å². The van der Waals surface area contributed by atoms with Gasteiger partial charge in [0.25, 0.3) is 0 Å². The fourth-order valence-electron chi connectivity index (χ4n) is 0.976. The zero-order valence-electron chi connectivity index (χ0n) is 7.35. The van der Waals surface area contributed by atoms with Crippen LogP contribution in [0, 0.1) is 11.3 Å². The molecule has 0 spiro atoms. The summed E-state index contributed by atoms with van der Waals surface area (Å²) < 4.78 is 0.769. The van der Waals surface area contributed by atoms with Gasteiger partial charge in [-0.1, -0.05) is 24.2 Å². The van der Waals surface area contributed by atoms with E-state index in [9.17, 15) is 0 Å². The summed E-state index contributed by atoms with van der Waals surface area (Å²) in [7, 11) is 0. The average molecular weight is 272 g/mol. The van der Waals surface area contributed by atoms with Crippen LogP contribution >= 0.6 is 27.5 Å². The smallest absolute Gasteiger partial charge is 0.103 e. The molecule has 14 heavy (non-hydrogen) atoms. The van der Waals surface area contributed by atoms with Crippen molar-refractivity contribution in [3.05, 3.63) is 39.8 Å². The first-order valence-electron chi connectivity index (χ1n) is 3.91. The van der Waals surface area contributed by atoms with Gasteiger partial charge in [-0.2, -0.15) is 5.26 Å². The highest BCUT2D eigenvalue weighted by molar-refractivity contribution is 9.10. The molecule has 0 amide bonds. The van der Waals surface area contributed by atoms with E-state index in [1.807, 2.05) is 18.2 Å². The number of rotatable bonds is 3. The number of nitrogens with zero attached hydrogens (tertiary/aromatic N) is 1. The minimum absolute atomic E-state index is 0.451. The molecule has 0 aliphatic rings. The van der Waals surface area contributed by atoms with Crippen molar-refractivity contribution in [3.63, 3.8) is 0 Å². The minimum atomic E-state index is 0.451. The molecule has 0 atom stereocenters. The Morgan fingerprint density at radius 2 is 2.36 bits per heavy atom. The quantitative estimate of drug-likeness (QED) is 0.913. The van der Waals surface area contributed by atoms with Gasteiger partial charge in [-0.05, 0) is 28.1 Å². The Morgan fingerprint density at radius 1 is 1.64 bits per heavy atom. The van der Waals surface area contributed by atoms with E-state index in [-0.39, 0.29) is 0 Å². The normalized spacial score (nSPS) is 9.21. The molecule has 0 aromatic heterocycles. The molecule has 1 aromatic carbocycles. The van der Waals surface area contributed by atoms with Crippen LogP contribution in [-0.4, -0.2) is 6.54 Å². The van der Waals surface area contributed by atoms with E-state index in [2.05, 4.69) is 33.9 Å². The topological polar surface area (TPSA) is 35.8 Å².